The van der Waals surface area contributed by atoms with Crippen molar-refractivity contribution in [2.24, 2.45) is 5.92 Å². The molecule has 0 spiro atoms. The van der Waals surface area contributed by atoms with Crippen molar-refractivity contribution in [3.05, 3.63) is 0 Å². The molecule has 0 amide bonds. The van der Waals surface area contributed by atoms with Crippen LogP contribution in [0.1, 0.15) is 26.2 Å². The minimum Gasteiger partial charge on any atom is -0.312 e. The van der Waals surface area contributed by atoms with Crippen LogP contribution in [0, 0.1) is 5.92 Å². The molecule has 0 aromatic heterocycles. The van der Waals surface area contributed by atoms with E-state index in [1.165, 1.54) is 56.9 Å². The minimum absolute atomic E-state index is 0.781. The standard InChI is InChI=1S/C12H24N2S/c1-11-2-6-14(7-3-11)8-4-12-10-15-9-5-13-12/h11-13H,2-10H2,1H3. The second-order valence-electron chi connectivity index (χ2n) is 5.04. The molecule has 2 fully saturated rings. The normalized spacial score (nSPS) is 30.6. The van der Waals surface area contributed by atoms with Crippen LogP contribution in [0.4, 0.5) is 0 Å². The fourth-order valence-electron chi connectivity index (χ4n) is 2.43. The molecule has 2 heterocycles. The van der Waals surface area contributed by atoms with Crippen molar-refractivity contribution in [1.82, 2.24) is 10.2 Å². The second-order valence-corrected chi connectivity index (χ2v) is 6.19. The Morgan fingerprint density at radius 3 is 2.80 bits per heavy atom. The quantitative estimate of drug-likeness (QED) is 0.793. The van der Waals surface area contributed by atoms with Crippen molar-refractivity contribution in [2.75, 3.05) is 37.7 Å². The lowest BCUT2D eigenvalue weighted by molar-refractivity contribution is 0.185. The molecule has 0 bridgehead atoms. The molecule has 0 aromatic rings. The Labute approximate surface area is 98.2 Å². The summed E-state index contributed by atoms with van der Waals surface area (Å²) in [4.78, 5) is 2.65. The Kier molecular flexibility index (Phi) is 4.79. The molecule has 2 aliphatic heterocycles. The number of likely N-dealkylation sites (tertiary alicyclic amines) is 1. The van der Waals surface area contributed by atoms with Gasteiger partial charge in [-0.05, 0) is 44.8 Å². The Hall–Kier alpha value is 0.270. The van der Waals surface area contributed by atoms with Gasteiger partial charge in [0.25, 0.3) is 0 Å². The van der Waals surface area contributed by atoms with E-state index in [0.717, 1.165) is 12.0 Å². The van der Waals surface area contributed by atoms with Crippen LogP contribution in [-0.2, 0) is 0 Å². The van der Waals surface area contributed by atoms with Crippen LogP contribution in [0.15, 0.2) is 0 Å². The highest BCUT2D eigenvalue weighted by Crippen LogP contribution is 2.17. The number of nitrogens with zero attached hydrogens (tertiary/aromatic N) is 1. The maximum Gasteiger partial charge on any atom is 0.0170 e. The molecular weight excluding hydrogens is 204 g/mol. The Bertz CT molecular complexity index is 172. The highest BCUT2D eigenvalue weighted by atomic mass is 32.2. The van der Waals surface area contributed by atoms with Gasteiger partial charge in [-0.2, -0.15) is 11.8 Å². The van der Waals surface area contributed by atoms with Crippen LogP contribution in [0.25, 0.3) is 0 Å². The van der Waals surface area contributed by atoms with E-state index in [1.807, 2.05) is 0 Å². The summed E-state index contributed by atoms with van der Waals surface area (Å²) in [5.41, 5.74) is 0. The van der Waals surface area contributed by atoms with Gasteiger partial charge < -0.3 is 10.2 Å². The van der Waals surface area contributed by atoms with Crippen LogP contribution in [0.5, 0.6) is 0 Å². The Morgan fingerprint density at radius 1 is 1.33 bits per heavy atom. The summed E-state index contributed by atoms with van der Waals surface area (Å²) in [6.07, 6.45) is 4.17. The van der Waals surface area contributed by atoms with Crippen molar-refractivity contribution >= 4 is 11.8 Å². The SMILES string of the molecule is CC1CCN(CCC2CSCCN2)CC1. The molecule has 0 aliphatic carbocycles. The van der Waals surface area contributed by atoms with E-state index in [4.69, 9.17) is 0 Å². The average Bonchev–Trinajstić information content (AvgIpc) is 2.30. The van der Waals surface area contributed by atoms with Gasteiger partial charge in [0.15, 0.2) is 0 Å². The molecule has 2 saturated heterocycles. The Balaban J connectivity index is 1.60. The van der Waals surface area contributed by atoms with E-state index >= 15 is 0 Å². The van der Waals surface area contributed by atoms with Gasteiger partial charge in [-0.25, -0.2) is 0 Å². The maximum atomic E-state index is 3.62. The summed E-state index contributed by atoms with van der Waals surface area (Å²) in [7, 11) is 0. The van der Waals surface area contributed by atoms with Gasteiger partial charge in [-0.15, -0.1) is 0 Å². The number of hydrogen-bond donors (Lipinski definition) is 1. The molecule has 2 nitrogen and oxygen atoms in total. The smallest absolute Gasteiger partial charge is 0.0170 e. The van der Waals surface area contributed by atoms with Crippen LogP contribution in [0.2, 0.25) is 0 Å². The fourth-order valence-corrected chi connectivity index (χ4v) is 3.43. The zero-order valence-corrected chi connectivity index (χ0v) is 10.7. The molecule has 0 aromatic carbocycles. The van der Waals surface area contributed by atoms with Gasteiger partial charge in [0.05, 0.1) is 0 Å². The number of hydrogen-bond acceptors (Lipinski definition) is 3. The van der Waals surface area contributed by atoms with E-state index in [-0.39, 0.29) is 0 Å². The predicted molar refractivity (Wildman–Crippen MR) is 68.6 cm³/mol. The van der Waals surface area contributed by atoms with E-state index < -0.39 is 0 Å². The summed E-state index contributed by atoms with van der Waals surface area (Å²) in [5, 5.41) is 3.62. The molecule has 1 atom stereocenters. The predicted octanol–water partition coefficient (Wildman–Crippen LogP) is 1.81. The zero-order valence-electron chi connectivity index (χ0n) is 9.87. The van der Waals surface area contributed by atoms with Gasteiger partial charge in [0, 0.05) is 24.1 Å². The lowest BCUT2D eigenvalue weighted by atomic mass is 9.99. The highest BCUT2D eigenvalue weighted by Gasteiger charge is 2.18. The second kappa shape index (κ2) is 6.12. The third kappa shape index (κ3) is 3.97. The van der Waals surface area contributed by atoms with Crippen molar-refractivity contribution in [3.8, 4) is 0 Å². The van der Waals surface area contributed by atoms with Gasteiger partial charge in [-0.3, -0.25) is 0 Å². The number of rotatable bonds is 3. The van der Waals surface area contributed by atoms with Crippen molar-refractivity contribution in [2.45, 2.75) is 32.2 Å². The van der Waals surface area contributed by atoms with Crippen LogP contribution >= 0.6 is 11.8 Å². The summed E-state index contributed by atoms with van der Waals surface area (Å²) >= 11 is 2.11. The highest BCUT2D eigenvalue weighted by molar-refractivity contribution is 7.99. The molecule has 1 N–H and O–H groups in total. The first-order chi connectivity index (χ1) is 7.34. The van der Waals surface area contributed by atoms with Crippen LogP contribution < -0.4 is 5.32 Å². The van der Waals surface area contributed by atoms with Crippen molar-refractivity contribution in [1.29, 1.82) is 0 Å². The molecule has 2 rings (SSSR count). The van der Waals surface area contributed by atoms with E-state index in [2.05, 4.69) is 28.9 Å². The van der Waals surface area contributed by atoms with Gasteiger partial charge in [0.1, 0.15) is 0 Å². The van der Waals surface area contributed by atoms with Crippen LogP contribution in [-0.4, -0.2) is 48.6 Å². The molecular formula is C12H24N2S. The lowest BCUT2D eigenvalue weighted by Crippen LogP contribution is -2.41. The van der Waals surface area contributed by atoms with E-state index in [9.17, 15) is 0 Å². The monoisotopic (exact) mass is 228 g/mol. The third-order valence-corrected chi connectivity index (χ3v) is 4.80. The first kappa shape index (κ1) is 11.7. The lowest BCUT2D eigenvalue weighted by Gasteiger charge is -2.32. The van der Waals surface area contributed by atoms with Gasteiger partial charge in [-0.1, -0.05) is 6.92 Å². The van der Waals surface area contributed by atoms with Gasteiger partial charge in [0.2, 0.25) is 0 Å². The number of thioether (sulfide) groups is 1. The topological polar surface area (TPSA) is 15.3 Å². The summed E-state index contributed by atoms with van der Waals surface area (Å²) in [5.74, 6) is 3.59. The largest absolute Gasteiger partial charge is 0.312 e. The first-order valence-corrected chi connectivity index (χ1v) is 7.53. The minimum atomic E-state index is 0.781. The molecule has 1 unspecified atom stereocenters. The molecule has 0 radical (unpaired) electrons. The third-order valence-electron chi connectivity index (χ3n) is 3.67. The van der Waals surface area contributed by atoms with Crippen LogP contribution in [0.3, 0.4) is 0 Å². The summed E-state index contributed by atoms with van der Waals surface area (Å²) in [6, 6.07) is 0.781. The molecule has 2 aliphatic rings. The van der Waals surface area contributed by atoms with Crippen molar-refractivity contribution < 1.29 is 0 Å². The average molecular weight is 228 g/mol. The molecule has 3 heteroatoms. The maximum absolute atomic E-state index is 3.62. The van der Waals surface area contributed by atoms with E-state index in [1.54, 1.807) is 0 Å². The zero-order chi connectivity index (χ0) is 10.5. The summed E-state index contributed by atoms with van der Waals surface area (Å²) < 4.78 is 0. The number of piperidine rings is 1. The Morgan fingerprint density at radius 2 is 2.13 bits per heavy atom. The number of nitrogens with one attached hydrogen (secondary N) is 1. The summed E-state index contributed by atoms with van der Waals surface area (Å²) in [6.45, 7) is 7.58. The van der Waals surface area contributed by atoms with E-state index in [0.29, 0.717) is 0 Å². The fraction of sp³-hybridized carbons (Fsp3) is 1.00. The van der Waals surface area contributed by atoms with Crippen molar-refractivity contribution in [3.63, 3.8) is 0 Å². The molecule has 88 valence electrons. The first-order valence-electron chi connectivity index (χ1n) is 6.38. The molecule has 15 heavy (non-hydrogen) atoms. The molecule has 0 saturated carbocycles. The van der Waals surface area contributed by atoms with Gasteiger partial charge >= 0.3 is 0 Å².